The van der Waals surface area contributed by atoms with Gasteiger partial charge in [-0.3, -0.25) is 0 Å². The van der Waals surface area contributed by atoms with Gasteiger partial charge in [0.25, 0.3) is 0 Å². The fourth-order valence-electron chi connectivity index (χ4n) is 3.87. The number of unbranched alkanes of at least 4 members (excludes halogenated alkanes) is 4. The third kappa shape index (κ3) is 6.76. The highest BCUT2D eigenvalue weighted by Crippen LogP contribution is 2.27. The molecule has 0 saturated heterocycles. The lowest BCUT2D eigenvalue weighted by Gasteiger charge is -2.11. The second-order valence-corrected chi connectivity index (χ2v) is 8.07. The van der Waals surface area contributed by atoms with E-state index in [-0.39, 0.29) is 0 Å². The molecule has 0 saturated carbocycles. The summed E-state index contributed by atoms with van der Waals surface area (Å²) >= 11 is 4.69. The predicted molar refractivity (Wildman–Crippen MR) is 133 cm³/mol. The summed E-state index contributed by atoms with van der Waals surface area (Å²) in [7, 11) is 0. The van der Waals surface area contributed by atoms with Crippen LogP contribution in [0.1, 0.15) is 55.7 Å². The Labute approximate surface area is 186 Å². The van der Waals surface area contributed by atoms with Crippen LogP contribution in [0.4, 0.5) is 5.69 Å². The zero-order valence-electron chi connectivity index (χ0n) is 17.9. The molecule has 0 bridgehead atoms. The van der Waals surface area contributed by atoms with Crippen molar-refractivity contribution in [2.24, 2.45) is 4.99 Å². The molecule has 3 aromatic carbocycles. The van der Waals surface area contributed by atoms with Gasteiger partial charge in [0.15, 0.2) is 0 Å². The average molecular weight is 414 g/mol. The lowest BCUT2D eigenvalue weighted by atomic mass is 9.94. The van der Waals surface area contributed by atoms with Crippen LogP contribution in [-0.2, 0) is 19.3 Å². The second-order valence-electron chi connectivity index (χ2n) is 7.89. The minimum absolute atomic E-state index is 0.844. The molecule has 2 heteroatoms. The van der Waals surface area contributed by atoms with Crippen molar-refractivity contribution in [1.29, 1.82) is 0 Å². The molecular formula is C28H31NS. The van der Waals surface area contributed by atoms with Crippen LogP contribution in [0, 0.1) is 0 Å². The van der Waals surface area contributed by atoms with Crippen LogP contribution < -0.4 is 0 Å². The molecule has 0 amide bonds. The van der Waals surface area contributed by atoms with E-state index < -0.39 is 0 Å². The summed E-state index contributed by atoms with van der Waals surface area (Å²) in [6.07, 6.45) is 10.0. The van der Waals surface area contributed by atoms with Crippen molar-refractivity contribution in [2.75, 3.05) is 0 Å². The molecule has 0 N–H and O–H groups in total. The van der Waals surface area contributed by atoms with Gasteiger partial charge in [-0.2, -0.15) is 4.99 Å². The minimum atomic E-state index is 0.844. The van der Waals surface area contributed by atoms with E-state index in [0.717, 1.165) is 18.5 Å². The molecular weight excluding hydrogens is 382 g/mol. The van der Waals surface area contributed by atoms with Crippen LogP contribution in [0.5, 0.6) is 0 Å². The molecule has 3 aromatic rings. The molecule has 0 aliphatic carbocycles. The van der Waals surface area contributed by atoms with Crippen molar-refractivity contribution in [3.05, 3.63) is 89.5 Å². The Bertz CT molecular complexity index is 951. The van der Waals surface area contributed by atoms with Gasteiger partial charge in [-0.15, -0.1) is 0 Å². The summed E-state index contributed by atoms with van der Waals surface area (Å²) in [6.45, 7) is 2.27. The molecule has 0 aliphatic heterocycles. The van der Waals surface area contributed by atoms with Crippen LogP contribution in [0.3, 0.4) is 0 Å². The van der Waals surface area contributed by atoms with E-state index in [1.54, 1.807) is 0 Å². The predicted octanol–water partition coefficient (Wildman–Crippen LogP) is 8.39. The molecule has 0 aromatic heterocycles. The molecule has 30 heavy (non-hydrogen) atoms. The molecule has 1 nitrogen and oxygen atoms in total. The average Bonchev–Trinajstić information content (AvgIpc) is 2.79. The Kier molecular flexibility index (Phi) is 9.03. The summed E-state index contributed by atoms with van der Waals surface area (Å²) in [5.41, 5.74) is 7.60. The molecule has 154 valence electrons. The quantitative estimate of drug-likeness (QED) is 0.175. The Morgan fingerprint density at radius 3 is 2.07 bits per heavy atom. The largest absolute Gasteiger partial charge is 0.195 e. The molecule has 0 fully saturated rings. The number of benzene rings is 3. The number of hydrogen-bond donors (Lipinski definition) is 0. The van der Waals surface area contributed by atoms with Crippen LogP contribution >= 0.6 is 12.2 Å². The van der Waals surface area contributed by atoms with Gasteiger partial charge in [0.05, 0.1) is 10.8 Å². The van der Waals surface area contributed by atoms with Crippen molar-refractivity contribution in [2.45, 2.75) is 58.3 Å². The number of aliphatic imine (C=N–C) groups is 1. The number of nitrogens with zero attached hydrogens (tertiary/aromatic N) is 1. The fourth-order valence-corrected chi connectivity index (χ4v) is 3.98. The zero-order chi connectivity index (χ0) is 21.0. The van der Waals surface area contributed by atoms with E-state index in [4.69, 9.17) is 0 Å². The van der Waals surface area contributed by atoms with E-state index >= 15 is 0 Å². The highest BCUT2D eigenvalue weighted by atomic mass is 32.1. The minimum Gasteiger partial charge on any atom is -0.195 e. The SMILES string of the molecule is CCCCCCCc1ccc(CCc2ccccc2-c2ccc(N=C=S)cc2)cc1. The van der Waals surface area contributed by atoms with Crippen molar-refractivity contribution in [3.8, 4) is 11.1 Å². The van der Waals surface area contributed by atoms with Crippen molar-refractivity contribution < 1.29 is 0 Å². The zero-order valence-corrected chi connectivity index (χ0v) is 18.8. The molecule has 0 heterocycles. The standard InChI is InChI=1S/C28H31NS/c1-2-3-4-5-6-9-23-12-14-24(15-13-23)16-17-25-10-7-8-11-28(25)26-18-20-27(21-19-26)29-22-30/h7-8,10-15,18-21H,2-6,9,16-17H2,1H3. The van der Waals surface area contributed by atoms with Crippen LogP contribution in [-0.4, -0.2) is 5.16 Å². The first-order valence-electron chi connectivity index (χ1n) is 11.1. The van der Waals surface area contributed by atoms with Gasteiger partial charge in [-0.1, -0.05) is 93.3 Å². The van der Waals surface area contributed by atoms with Crippen molar-refractivity contribution in [1.82, 2.24) is 0 Å². The number of rotatable bonds is 11. The molecule has 3 rings (SSSR count). The van der Waals surface area contributed by atoms with Gasteiger partial charge >= 0.3 is 0 Å². The number of isothiocyanates is 1. The van der Waals surface area contributed by atoms with E-state index in [1.165, 1.54) is 66.3 Å². The third-order valence-corrected chi connectivity index (χ3v) is 5.74. The molecule has 0 aliphatic rings. The van der Waals surface area contributed by atoms with Crippen molar-refractivity contribution >= 4 is 23.1 Å². The first-order valence-corrected chi connectivity index (χ1v) is 11.5. The monoisotopic (exact) mass is 413 g/mol. The second kappa shape index (κ2) is 12.2. The van der Waals surface area contributed by atoms with E-state index in [2.05, 4.69) is 90.0 Å². The summed E-state index contributed by atoms with van der Waals surface area (Å²) in [5, 5.41) is 2.42. The molecule has 0 spiro atoms. The fraction of sp³-hybridized carbons (Fsp3) is 0.321. The maximum Gasteiger partial charge on any atom is 0.0739 e. The van der Waals surface area contributed by atoms with Gasteiger partial charge < -0.3 is 0 Å². The van der Waals surface area contributed by atoms with Crippen molar-refractivity contribution in [3.63, 3.8) is 0 Å². The molecule has 0 atom stereocenters. The summed E-state index contributed by atoms with van der Waals surface area (Å²) in [4.78, 5) is 4.04. The normalized spacial score (nSPS) is 10.6. The maximum atomic E-state index is 4.69. The van der Waals surface area contributed by atoms with Crippen LogP contribution in [0.2, 0.25) is 0 Å². The Morgan fingerprint density at radius 1 is 0.700 bits per heavy atom. The Balaban J connectivity index is 1.59. The van der Waals surface area contributed by atoms with Gasteiger partial charge in [0.2, 0.25) is 0 Å². The van der Waals surface area contributed by atoms with E-state index in [0.29, 0.717) is 0 Å². The highest BCUT2D eigenvalue weighted by Gasteiger charge is 2.06. The Morgan fingerprint density at radius 2 is 1.37 bits per heavy atom. The lowest BCUT2D eigenvalue weighted by molar-refractivity contribution is 0.632. The number of hydrogen-bond acceptors (Lipinski definition) is 2. The smallest absolute Gasteiger partial charge is 0.0739 e. The van der Waals surface area contributed by atoms with Gasteiger partial charge in [0.1, 0.15) is 0 Å². The Hall–Kier alpha value is -2.54. The summed E-state index contributed by atoms with van der Waals surface area (Å²) in [5.74, 6) is 0. The number of aryl methyl sites for hydroxylation is 3. The third-order valence-electron chi connectivity index (χ3n) is 5.65. The van der Waals surface area contributed by atoms with E-state index in [9.17, 15) is 0 Å². The summed E-state index contributed by atoms with van der Waals surface area (Å²) in [6, 6.07) is 26.1. The first-order chi connectivity index (χ1) is 14.8. The van der Waals surface area contributed by atoms with Gasteiger partial charge in [0, 0.05) is 0 Å². The van der Waals surface area contributed by atoms with Crippen LogP contribution in [0.15, 0.2) is 77.8 Å². The summed E-state index contributed by atoms with van der Waals surface area (Å²) < 4.78 is 0. The topological polar surface area (TPSA) is 12.4 Å². The van der Waals surface area contributed by atoms with Crippen LogP contribution in [0.25, 0.3) is 11.1 Å². The highest BCUT2D eigenvalue weighted by molar-refractivity contribution is 7.78. The molecule has 0 radical (unpaired) electrons. The molecule has 0 unspecified atom stereocenters. The van der Waals surface area contributed by atoms with Gasteiger partial charge in [-0.05, 0) is 77.9 Å². The number of thiocarbonyl (C=S) groups is 1. The maximum absolute atomic E-state index is 4.69. The van der Waals surface area contributed by atoms with E-state index in [1.807, 2.05) is 12.1 Å². The van der Waals surface area contributed by atoms with Gasteiger partial charge in [-0.25, -0.2) is 0 Å². The first kappa shape index (κ1) is 22.2. The lowest BCUT2D eigenvalue weighted by Crippen LogP contribution is -1.95.